The standard InChI is InChI=1S/C18H17ClN4O/c1-12(11-24)21-17-9-16(13-4-6-15(19)7-5-13)22-18(23-17)14-3-2-8-20-10-14/h2-10,12,24H,11H2,1H3,(H,21,22,23)/t12-/m1/s1. The van der Waals surface area contributed by atoms with Gasteiger partial charge in [0.05, 0.1) is 12.3 Å². The van der Waals surface area contributed by atoms with Gasteiger partial charge in [0.1, 0.15) is 5.82 Å². The summed E-state index contributed by atoms with van der Waals surface area (Å²) in [6, 6.07) is 13.0. The lowest BCUT2D eigenvalue weighted by molar-refractivity contribution is 0.281. The smallest absolute Gasteiger partial charge is 0.163 e. The van der Waals surface area contributed by atoms with Crippen LogP contribution in [0.2, 0.25) is 5.02 Å². The molecule has 122 valence electrons. The van der Waals surface area contributed by atoms with Crippen molar-refractivity contribution >= 4 is 17.4 Å². The highest BCUT2D eigenvalue weighted by Crippen LogP contribution is 2.25. The molecule has 2 aromatic heterocycles. The van der Waals surface area contributed by atoms with Gasteiger partial charge >= 0.3 is 0 Å². The average molecular weight is 341 g/mol. The lowest BCUT2D eigenvalue weighted by Gasteiger charge is -2.14. The van der Waals surface area contributed by atoms with Gasteiger partial charge in [0.25, 0.3) is 0 Å². The number of aliphatic hydroxyl groups excluding tert-OH is 1. The predicted molar refractivity (Wildman–Crippen MR) is 95.9 cm³/mol. The van der Waals surface area contributed by atoms with E-state index in [1.54, 1.807) is 12.4 Å². The van der Waals surface area contributed by atoms with Gasteiger partial charge in [-0.15, -0.1) is 0 Å². The van der Waals surface area contributed by atoms with Crippen molar-refractivity contribution in [1.82, 2.24) is 15.0 Å². The number of halogens is 1. The number of rotatable bonds is 5. The maximum Gasteiger partial charge on any atom is 0.163 e. The molecule has 0 spiro atoms. The molecule has 0 radical (unpaired) electrons. The topological polar surface area (TPSA) is 70.9 Å². The van der Waals surface area contributed by atoms with Gasteiger partial charge in [-0.3, -0.25) is 4.98 Å². The van der Waals surface area contributed by atoms with Crippen molar-refractivity contribution in [2.24, 2.45) is 0 Å². The lowest BCUT2D eigenvalue weighted by Crippen LogP contribution is -2.20. The lowest BCUT2D eigenvalue weighted by atomic mass is 10.1. The zero-order chi connectivity index (χ0) is 16.9. The zero-order valence-corrected chi connectivity index (χ0v) is 13.9. The van der Waals surface area contributed by atoms with Crippen molar-refractivity contribution in [2.75, 3.05) is 11.9 Å². The highest BCUT2D eigenvalue weighted by molar-refractivity contribution is 6.30. The Balaban J connectivity index is 2.07. The Kier molecular flexibility index (Phi) is 5.03. The quantitative estimate of drug-likeness (QED) is 0.741. The number of nitrogens with zero attached hydrogens (tertiary/aromatic N) is 3. The fraction of sp³-hybridized carbons (Fsp3) is 0.167. The molecule has 6 heteroatoms. The molecular formula is C18H17ClN4O. The summed E-state index contributed by atoms with van der Waals surface area (Å²) in [5, 5.41) is 13.1. The van der Waals surface area contributed by atoms with E-state index in [0.29, 0.717) is 16.7 Å². The molecule has 0 amide bonds. The van der Waals surface area contributed by atoms with Gasteiger partial charge in [-0.1, -0.05) is 23.7 Å². The second-order valence-corrected chi connectivity index (χ2v) is 5.88. The van der Waals surface area contributed by atoms with E-state index in [1.807, 2.05) is 49.4 Å². The predicted octanol–water partition coefficient (Wildman–Crippen LogP) is 3.65. The molecule has 24 heavy (non-hydrogen) atoms. The summed E-state index contributed by atoms with van der Waals surface area (Å²) >= 11 is 5.96. The second kappa shape index (κ2) is 7.38. The molecule has 3 aromatic rings. The number of hydrogen-bond donors (Lipinski definition) is 2. The number of anilines is 1. The molecule has 0 unspecified atom stereocenters. The number of aliphatic hydroxyl groups is 1. The van der Waals surface area contributed by atoms with Gasteiger partial charge in [0.15, 0.2) is 5.82 Å². The van der Waals surface area contributed by atoms with Crippen LogP contribution in [0, 0.1) is 0 Å². The highest BCUT2D eigenvalue weighted by atomic mass is 35.5. The molecule has 0 fully saturated rings. The minimum Gasteiger partial charge on any atom is -0.394 e. The highest BCUT2D eigenvalue weighted by Gasteiger charge is 2.10. The van der Waals surface area contributed by atoms with Crippen LogP contribution >= 0.6 is 11.6 Å². The molecule has 0 bridgehead atoms. The third-order valence-corrected chi connectivity index (χ3v) is 3.71. The van der Waals surface area contributed by atoms with Crippen molar-refractivity contribution in [1.29, 1.82) is 0 Å². The Hall–Kier alpha value is -2.50. The summed E-state index contributed by atoms with van der Waals surface area (Å²) in [4.78, 5) is 13.3. The fourth-order valence-corrected chi connectivity index (χ4v) is 2.34. The number of pyridine rings is 1. The largest absolute Gasteiger partial charge is 0.394 e. The van der Waals surface area contributed by atoms with E-state index < -0.39 is 0 Å². The van der Waals surface area contributed by atoms with Gasteiger partial charge in [-0.05, 0) is 31.2 Å². The van der Waals surface area contributed by atoms with Crippen molar-refractivity contribution < 1.29 is 5.11 Å². The van der Waals surface area contributed by atoms with E-state index in [1.165, 1.54) is 0 Å². The van der Waals surface area contributed by atoms with Gasteiger partial charge in [0.2, 0.25) is 0 Å². The molecule has 0 aliphatic rings. The zero-order valence-electron chi connectivity index (χ0n) is 13.1. The van der Waals surface area contributed by atoms with Crippen LogP contribution in [0.25, 0.3) is 22.6 Å². The molecule has 0 aliphatic carbocycles. The van der Waals surface area contributed by atoms with Crippen LogP contribution in [-0.4, -0.2) is 32.7 Å². The summed E-state index contributed by atoms with van der Waals surface area (Å²) < 4.78 is 0. The molecule has 0 saturated heterocycles. The molecule has 1 aromatic carbocycles. The molecule has 5 nitrogen and oxygen atoms in total. The van der Waals surface area contributed by atoms with Gasteiger partial charge in [-0.2, -0.15) is 0 Å². The molecule has 0 aliphatic heterocycles. The number of benzene rings is 1. The Morgan fingerprint density at radius 2 is 1.92 bits per heavy atom. The number of nitrogens with one attached hydrogen (secondary N) is 1. The Morgan fingerprint density at radius 3 is 2.58 bits per heavy atom. The summed E-state index contributed by atoms with van der Waals surface area (Å²) in [5.74, 6) is 1.22. The van der Waals surface area contributed by atoms with Crippen LogP contribution in [0.15, 0.2) is 54.9 Å². The van der Waals surface area contributed by atoms with Crippen LogP contribution in [0.1, 0.15) is 6.92 Å². The van der Waals surface area contributed by atoms with E-state index in [9.17, 15) is 5.11 Å². The van der Waals surface area contributed by atoms with Crippen molar-refractivity contribution in [2.45, 2.75) is 13.0 Å². The van der Waals surface area contributed by atoms with E-state index in [2.05, 4.69) is 20.3 Å². The van der Waals surface area contributed by atoms with Crippen molar-refractivity contribution in [3.63, 3.8) is 0 Å². The first-order valence-electron chi connectivity index (χ1n) is 7.58. The normalized spacial score (nSPS) is 12.0. The summed E-state index contributed by atoms with van der Waals surface area (Å²) in [6.07, 6.45) is 3.43. The Labute approximate surface area is 145 Å². The molecule has 1 atom stereocenters. The van der Waals surface area contributed by atoms with Crippen LogP contribution in [0.3, 0.4) is 0 Å². The maximum absolute atomic E-state index is 9.27. The third kappa shape index (κ3) is 3.88. The number of aromatic nitrogens is 3. The van der Waals surface area contributed by atoms with Crippen molar-refractivity contribution in [3.05, 3.63) is 59.9 Å². The Bertz CT molecular complexity index is 809. The monoisotopic (exact) mass is 340 g/mol. The van der Waals surface area contributed by atoms with E-state index in [-0.39, 0.29) is 12.6 Å². The van der Waals surface area contributed by atoms with Crippen LogP contribution < -0.4 is 5.32 Å². The SMILES string of the molecule is C[C@H](CO)Nc1cc(-c2ccc(Cl)cc2)nc(-c2cccnc2)n1. The first-order valence-corrected chi connectivity index (χ1v) is 7.96. The van der Waals surface area contributed by atoms with Crippen LogP contribution in [-0.2, 0) is 0 Å². The first kappa shape index (κ1) is 16.4. The Morgan fingerprint density at radius 1 is 1.12 bits per heavy atom. The van der Waals surface area contributed by atoms with E-state index >= 15 is 0 Å². The first-order chi connectivity index (χ1) is 11.7. The average Bonchev–Trinajstić information content (AvgIpc) is 2.62. The molecule has 2 heterocycles. The van der Waals surface area contributed by atoms with Crippen molar-refractivity contribution in [3.8, 4) is 22.6 Å². The van der Waals surface area contributed by atoms with Gasteiger partial charge in [0, 0.05) is 40.7 Å². The summed E-state index contributed by atoms with van der Waals surface area (Å²) in [7, 11) is 0. The fourth-order valence-electron chi connectivity index (χ4n) is 2.21. The van der Waals surface area contributed by atoms with E-state index in [4.69, 9.17) is 11.6 Å². The van der Waals surface area contributed by atoms with Crippen LogP contribution in [0.5, 0.6) is 0 Å². The third-order valence-electron chi connectivity index (χ3n) is 3.45. The van der Waals surface area contributed by atoms with Gasteiger partial charge in [-0.25, -0.2) is 9.97 Å². The number of hydrogen-bond acceptors (Lipinski definition) is 5. The summed E-state index contributed by atoms with van der Waals surface area (Å²) in [5.41, 5.74) is 2.54. The molecular weight excluding hydrogens is 324 g/mol. The van der Waals surface area contributed by atoms with Gasteiger partial charge < -0.3 is 10.4 Å². The molecule has 3 rings (SSSR count). The van der Waals surface area contributed by atoms with Crippen LogP contribution in [0.4, 0.5) is 5.82 Å². The minimum absolute atomic E-state index is 0.0164. The molecule has 2 N–H and O–H groups in total. The second-order valence-electron chi connectivity index (χ2n) is 5.44. The minimum atomic E-state index is -0.111. The molecule has 0 saturated carbocycles. The van der Waals surface area contributed by atoms with E-state index in [0.717, 1.165) is 16.8 Å². The maximum atomic E-state index is 9.27. The summed E-state index contributed by atoms with van der Waals surface area (Å²) in [6.45, 7) is 1.90.